The van der Waals surface area contributed by atoms with E-state index >= 15 is 0 Å². The number of aryl methyl sites for hydroxylation is 4. The standard InChI is InChI=1S/C16H13N5S.C9H6N4O2S2.C9H6N4OS2.C9H6N4S2.C8H7BrN4S2.C8H6BrN3S2.C8H11N.C4H6O.C2H4/c1-10-5-11(2)7-12(6-10)20-16-18-4-3-13(21-16)15-14(8-17)22-9-19-15;1-17(14,15)9-11-3-2-6(13-9)8-7(4-10)16-5-12-8;1-16(14)9-11-3-2-6(13-9)8-7(4-10)15-5-12-8;1-14-9-11-3-2-6(13-9)8-7(4-10)15-5-12-8;1-14-8-11-3-2-4(12-8)5-6(9)15-7(10)13-5;1-13-8-10-3-2-5(12-8)6-7(9)14-4-11-6;1-6-3-7(2)5-8(9)4-6;1-3-4(2)5;1-2/h3-7,9H,1-2H3,(H,18,20,21);2-3,5H,1H3;2-3,5H,1H3;2-3,5H,1H3;2-3H,1H3,(H2,10,13);2-4H,1H3;3-5H,9H2,1-2H3;3H,1H2,2H3;1-2H2. The number of carbonyl (C=O) groups is 1. The van der Waals surface area contributed by atoms with Gasteiger partial charge in [-0.15, -0.1) is 69.8 Å². The normalized spacial score (nSPS) is 10.3. The van der Waals surface area contributed by atoms with Crippen LogP contribution in [-0.2, 0) is 25.4 Å². The molecule has 0 aliphatic heterocycles. The Morgan fingerprint density at radius 2 is 0.843 bits per heavy atom. The van der Waals surface area contributed by atoms with Crippen LogP contribution in [0.25, 0.3) is 68.3 Å². The van der Waals surface area contributed by atoms with Gasteiger partial charge in [0, 0.05) is 61.1 Å². The van der Waals surface area contributed by atoms with E-state index in [0.717, 1.165) is 58.3 Å². The first-order valence-electron chi connectivity index (χ1n) is 32.0. The van der Waals surface area contributed by atoms with Gasteiger partial charge in [-0.25, -0.2) is 98.1 Å². The smallest absolute Gasteiger partial charge is 0.247 e. The van der Waals surface area contributed by atoms with Crippen LogP contribution in [0.15, 0.2) is 197 Å². The average Bonchev–Trinajstić information content (AvgIpc) is 1.81. The number of hydrogen-bond donors (Lipinski definition) is 3. The number of allylic oxidation sites excluding steroid dienone is 1. The lowest BCUT2D eigenvalue weighted by atomic mass is 10.1. The molecule has 1 atom stereocenters. The molecule has 0 amide bonds. The van der Waals surface area contributed by atoms with Crippen LogP contribution in [0.3, 0.4) is 0 Å². The van der Waals surface area contributed by atoms with Crippen LogP contribution in [0.2, 0.25) is 0 Å². The fourth-order valence-electron chi connectivity index (χ4n) is 8.62. The van der Waals surface area contributed by atoms with Gasteiger partial charge in [0.1, 0.15) is 81.7 Å². The van der Waals surface area contributed by atoms with Crippen LogP contribution in [0.1, 0.15) is 48.7 Å². The largest absolute Gasteiger partial charge is 0.399 e. The fraction of sp³-hybridized carbons (Fsp3) is 0.137. The van der Waals surface area contributed by atoms with E-state index in [1.165, 1.54) is 157 Å². The van der Waals surface area contributed by atoms with Crippen molar-refractivity contribution in [2.75, 3.05) is 48.1 Å². The number of nitrogens with one attached hydrogen (secondary N) is 1. The number of nitrogens with zero attached hydrogens (tertiary/aromatic N) is 22. The quantitative estimate of drug-likeness (QED) is 0.0299. The number of nitrogens with two attached hydrogens (primary N) is 2. The summed E-state index contributed by atoms with van der Waals surface area (Å²) in [6.45, 7) is 18.9. The molecule has 2 aromatic carbocycles. The summed E-state index contributed by atoms with van der Waals surface area (Å²) in [5.74, 6) is 0.504. The zero-order chi connectivity index (χ0) is 84.2. The molecule has 5 N–H and O–H groups in total. The predicted octanol–water partition coefficient (Wildman–Crippen LogP) is 17.3. The number of thiazole rings is 6. The van der Waals surface area contributed by atoms with E-state index in [1.807, 2.05) is 95.0 Å². The lowest BCUT2D eigenvalue weighted by molar-refractivity contribution is -0.112. The van der Waals surface area contributed by atoms with Gasteiger partial charge in [-0.05, 0) is 174 Å². The number of anilines is 4. The van der Waals surface area contributed by atoms with Crippen LogP contribution >= 0.6 is 135 Å². The number of benzene rings is 2. The number of halogens is 2. The van der Waals surface area contributed by atoms with E-state index in [2.05, 4.69) is 171 Å². The number of hydrogen-bond acceptors (Lipinski definition) is 38. The number of nitriles is 4. The number of ketones is 1. The van der Waals surface area contributed by atoms with Crippen molar-refractivity contribution in [2.24, 2.45) is 0 Å². The van der Waals surface area contributed by atoms with E-state index in [-0.39, 0.29) is 16.1 Å². The summed E-state index contributed by atoms with van der Waals surface area (Å²) in [7, 11) is -4.70. The van der Waals surface area contributed by atoms with Gasteiger partial charge in [-0.3, -0.25) is 9.00 Å². The van der Waals surface area contributed by atoms with Gasteiger partial charge in [0.15, 0.2) is 26.4 Å². The van der Waals surface area contributed by atoms with E-state index in [9.17, 15) is 17.4 Å². The van der Waals surface area contributed by atoms with Crippen molar-refractivity contribution in [2.45, 2.75) is 60.4 Å². The molecular formula is C73H65Br2N25O4S11. The number of rotatable bonds is 14. The zero-order valence-corrected chi connectivity index (χ0v) is 74.5. The zero-order valence-electron chi connectivity index (χ0n) is 62.4. The SMILES string of the molecule is C=C.C=CC(C)=O.CS(=O)(=O)c1nccc(-c2ncsc2C#N)n1.CS(=O)c1nccc(-c2ncsc2C#N)n1.CSc1nccc(-c2nc(N)sc2Br)n1.CSc1nccc(-c2ncsc2Br)n1.CSc1nccc(-c2ncsc2C#N)n1.Cc1cc(C)cc(N)c1.Cc1cc(C)cc(Nc2nccc(-c3ncsc3C#N)n2)c1. The van der Waals surface area contributed by atoms with Crippen LogP contribution < -0.4 is 16.8 Å². The molecule has 0 aliphatic rings. The maximum Gasteiger partial charge on any atom is 0.247 e. The number of thioether (sulfide) groups is 3. The number of nitrogen functional groups attached to an aromatic ring is 2. The molecule has 586 valence electrons. The topological polar surface area (TPSA) is 460 Å². The Bertz CT molecular complexity index is 5860. The lowest BCUT2D eigenvalue weighted by Gasteiger charge is -2.08. The predicted molar refractivity (Wildman–Crippen MR) is 470 cm³/mol. The third-order valence-electron chi connectivity index (χ3n) is 13.2. The van der Waals surface area contributed by atoms with Crippen molar-refractivity contribution in [3.8, 4) is 92.6 Å². The van der Waals surface area contributed by atoms with Gasteiger partial charge in [0.2, 0.25) is 26.1 Å². The Morgan fingerprint density at radius 1 is 0.496 bits per heavy atom. The van der Waals surface area contributed by atoms with E-state index < -0.39 is 20.6 Å². The third kappa shape index (κ3) is 29.6. The molecule has 12 heterocycles. The van der Waals surface area contributed by atoms with Gasteiger partial charge in [-0.2, -0.15) is 21.0 Å². The first-order chi connectivity index (χ1) is 55.2. The van der Waals surface area contributed by atoms with Crippen LogP contribution in [0.5, 0.6) is 0 Å². The highest BCUT2D eigenvalue weighted by molar-refractivity contribution is 9.11. The molecule has 0 aliphatic carbocycles. The van der Waals surface area contributed by atoms with Gasteiger partial charge in [0.25, 0.3) is 0 Å². The molecule has 14 aromatic rings. The highest BCUT2D eigenvalue weighted by atomic mass is 79.9. The first-order valence-corrected chi connectivity index (χ1v) is 46.0. The second-order valence-corrected chi connectivity index (χ2v) is 35.1. The molecule has 0 saturated carbocycles. The van der Waals surface area contributed by atoms with Crippen molar-refractivity contribution in [1.29, 1.82) is 21.0 Å². The maximum absolute atomic E-state index is 11.3. The number of aromatic nitrogens is 18. The van der Waals surface area contributed by atoms with Crippen LogP contribution in [0.4, 0.5) is 22.5 Å². The Hall–Kier alpha value is -10.7. The second kappa shape index (κ2) is 47.9. The Kier molecular flexibility index (Phi) is 38.8. The van der Waals surface area contributed by atoms with Crippen molar-refractivity contribution in [3.63, 3.8) is 0 Å². The van der Waals surface area contributed by atoms with Crippen molar-refractivity contribution in [1.82, 2.24) is 89.7 Å². The number of sulfone groups is 1. The van der Waals surface area contributed by atoms with E-state index in [0.29, 0.717) is 81.3 Å². The van der Waals surface area contributed by atoms with E-state index in [1.54, 1.807) is 76.4 Å². The summed E-state index contributed by atoms with van der Waals surface area (Å²) in [6.07, 6.45) is 19.3. The van der Waals surface area contributed by atoms with Gasteiger partial charge < -0.3 is 16.8 Å². The van der Waals surface area contributed by atoms with Gasteiger partial charge >= 0.3 is 0 Å². The molecule has 29 nitrogen and oxygen atoms in total. The number of carbonyl (C=O) groups excluding carboxylic acids is 1. The van der Waals surface area contributed by atoms with Crippen LogP contribution in [0, 0.1) is 73.0 Å². The summed E-state index contributed by atoms with van der Waals surface area (Å²) in [4.78, 5) is 86.1. The maximum atomic E-state index is 11.3. The van der Waals surface area contributed by atoms with Crippen molar-refractivity contribution >= 4 is 184 Å². The Labute approximate surface area is 719 Å². The molecule has 0 radical (unpaired) electrons. The molecule has 0 bridgehead atoms. The summed E-state index contributed by atoms with van der Waals surface area (Å²) < 4.78 is 35.7. The monoisotopic (exact) mass is 1870 g/mol. The Balaban J connectivity index is 0.000000208. The molecule has 42 heteroatoms. The minimum atomic E-state index is -3.47. The molecule has 14 rings (SSSR count). The van der Waals surface area contributed by atoms with Gasteiger partial charge in [0.05, 0.1) is 76.3 Å². The van der Waals surface area contributed by atoms with Crippen molar-refractivity contribution < 1.29 is 17.4 Å². The molecule has 0 saturated heterocycles. The molecule has 115 heavy (non-hydrogen) atoms. The highest BCUT2D eigenvalue weighted by Crippen LogP contribution is 2.35. The van der Waals surface area contributed by atoms with Gasteiger partial charge in [-0.1, -0.05) is 65.3 Å². The summed E-state index contributed by atoms with van der Waals surface area (Å²) in [5.41, 5.74) is 33.6. The molecule has 12 aromatic heterocycles. The van der Waals surface area contributed by atoms with Crippen molar-refractivity contribution in [3.05, 3.63) is 213 Å². The molecule has 0 fully saturated rings. The lowest BCUT2D eigenvalue weighted by Crippen LogP contribution is -2.04. The average molecular weight is 1870 g/mol. The minimum absolute atomic E-state index is 0.0185. The third-order valence-corrected chi connectivity index (χ3v) is 22.5. The summed E-state index contributed by atoms with van der Waals surface area (Å²) >= 11 is 19.3. The highest BCUT2D eigenvalue weighted by Gasteiger charge is 2.18. The summed E-state index contributed by atoms with van der Waals surface area (Å²) in [5, 5.41) is 41.6. The van der Waals surface area contributed by atoms with Crippen LogP contribution in [-0.4, -0.2) is 139 Å². The minimum Gasteiger partial charge on any atom is -0.399 e. The van der Waals surface area contributed by atoms with E-state index in [4.69, 9.17) is 32.5 Å². The summed E-state index contributed by atoms with van der Waals surface area (Å²) in [6, 6.07) is 30.8. The molecule has 1 unspecified atom stereocenters. The molecule has 0 spiro atoms. The second-order valence-electron chi connectivity index (χ2n) is 21.7. The Morgan fingerprint density at radius 3 is 1.20 bits per heavy atom. The fourth-order valence-corrected chi connectivity index (χ4v) is 15.4. The first kappa shape index (κ1) is 93.2. The molecular weight excluding hydrogens is 1800 g/mol.